The molecule has 0 unspecified atom stereocenters. The molecule has 0 aromatic rings. The second kappa shape index (κ2) is 4.80. The smallest absolute Gasteiger partial charge is 0.480 e. The second-order valence-corrected chi connectivity index (χ2v) is 3.39. The topological polar surface area (TPSA) is 49.8 Å². The fraction of sp³-hybridized carbons (Fsp3) is 0.875. The fourth-order valence-electron chi connectivity index (χ4n) is 1.28. The van der Waals surface area contributed by atoms with E-state index >= 15 is 0 Å². The van der Waals surface area contributed by atoms with E-state index in [1.165, 1.54) is 4.90 Å². The minimum absolute atomic E-state index is 0.00350. The maximum Gasteiger partial charge on any atom is 0.522 e. The Hall–Kier alpha value is -0.820. The number of hydrogen-bond donors (Lipinski definition) is 1. The van der Waals surface area contributed by atoms with Crippen LogP contribution in [0, 0.1) is 0 Å². The molecule has 0 amide bonds. The maximum atomic E-state index is 11.6. The quantitative estimate of drug-likeness (QED) is 0.737. The first-order chi connectivity index (χ1) is 6.88. The van der Waals surface area contributed by atoms with Crippen molar-refractivity contribution in [2.45, 2.75) is 25.2 Å². The number of carbonyl (C=O) groups is 1. The zero-order chi connectivity index (χ0) is 11.5. The van der Waals surface area contributed by atoms with Crippen molar-refractivity contribution >= 4 is 5.97 Å². The van der Waals surface area contributed by atoms with Crippen LogP contribution in [0.5, 0.6) is 0 Å². The molecule has 0 aromatic heterocycles. The average Bonchev–Trinajstić information content (AvgIpc) is 2.81. The van der Waals surface area contributed by atoms with Gasteiger partial charge >= 0.3 is 12.3 Å². The summed E-state index contributed by atoms with van der Waals surface area (Å²) in [6, 6.07) is 0.109. The monoisotopic (exact) mass is 227 g/mol. The van der Waals surface area contributed by atoms with Gasteiger partial charge in [-0.05, 0) is 12.8 Å². The highest BCUT2D eigenvalue weighted by Crippen LogP contribution is 2.26. The summed E-state index contributed by atoms with van der Waals surface area (Å²) in [5.41, 5.74) is 0. The number of alkyl halides is 3. The van der Waals surface area contributed by atoms with Crippen LogP contribution in [0.25, 0.3) is 0 Å². The number of carboxylic acids is 1. The largest absolute Gasteiger partial charge is 0.522 e. The zero-order valence-electron chi connectivity index (χ0n) is 7.96. The van der Waals surface area contributed by atoms with E-state index in [4.69, 9.17) is 5.11 Å². The van der Waals surface area contributed by atoms with E-state index in [-0.39, 0.29) is 19.1 Å². The third-order valence-corrected chi connectivity index (χ3v) is 2.05. The SMILES string of the molecule is O=C(O)CN(CCOC(F)(F)F)C1CC1. The van der Waals surface area contributed by atoms with Crippen LogP contribution in [0.1, 0.15) is 12.8 Å². The van der Waals surface area contributed by atoms with Crippen LogP contribution in [0.3, 0.4) is 0 Å². The number of rotatable bonds is 6. The molecule has 0 atom stereocenters. The van der Waals surface area contributed by atoms with Crippen molar-refractivity contribution in [3.05, 3.63) is 0 Å². The molecule has 1 N–H and O–H groups in total. The molecule has 1 saturated carbocycles. The van der Waals surface area contributed by atoms with E-state index < -0.39 is 18.9 Å². The highest BCUT2D eigenvalue weighted by Gasteiger charge is 2.32. The Labute approximate surface area is 84.6 Å². The van der Waals surface area contributed by atoms with Crippen molar-refractivity contribution in [2.75, 3.05) is 19.7 Å². The molecule has 1 rings (SSSR count). The van der Waals surface area contributed by atoms with Crippen molar-refractivity contribution in [1.82, 2.24) is 4.90 Å². The lowest BCUT2D eigenvalue weighted by Gasteiger charge is -2.19. The summed E-state index contributed by atoms with van der Waals surface area (Å²) in [4.78, 5) is 11.9. The Morgan fingerprint density at radius 2 is 2.07 bits per heavy atom. The van der Waals surface area contributed by atoms with Crippen molar-refractivity contribution in [2.24, 2.45) is 0 Å². The predicted molar refractivity (Wildman–Crippen MR) is 44.2 cm³/mol. The lowest BCUT2D eigenvalue weighted by atomic mass is 10.4. The third kappa shape index (κ3) is 5.58. The Morgan fingerprint density at radius 1 is 1.47 bits per heavy atom. The number of carboxylic acid groups (broad SMARTS) is 1. The molecule has 1 aliphatic carbocycles. The fourth-order valence-corrected chi connectivity index (χ4v) is 1.28. The van der Waals surface area contributed by atoms with Gasteiger partial charge in [-0.25, -0.2) is 0 Å². The van der Waals surface area contributed by atoms with E-state index in [9.17, 15) is 18.0 Å². The minimum atomic E-state index is -4.64. The number of nitrogens with zero attached hydrogens (tertiary/aromatic N) is 1. The first kappa shape index (κ1) is 12.3. The van der Waals surface area contributed by atoms with Crippen LogP contribution in [0.15, 0.2) is 0 Å². The van der Waals surface area contributed by atoms with Crippen LogP contribution in [0.2, 0.25) is 0 Å². The molecule has 15 heavy (non-hydrogen) atoms. The maximum absolute atomic E-state index is 11.6. The van der Waals surface area contributed by atoms with E-state index in [1.54, 1.807) is 0 Å². The molecule has 4 nitrogen and oxygen atoms in total. The summed E-state index contributed by atoms with van der Waals surface area (Å²) in [6.07, 6.45) is -2.95. The summed E-state index contributed by atoms with van der Waals surface area (Å²) in [7, 11) is 0. The van der Waals surface area contributed by atoms with Gasteiger partial charge in [0, 0.05) is 12.6 Å². The first-order valence-corrected chi connectivity index (χ1v) is 4.55. The summed E-state index contributed by atoms with van der Waals surface area (Å²) in [5.74, 6) is -1.03. The Balaban J connectivity index is 2.23. The molecule has 0 aliphatic heterocycles. The van der Waals surface area contributed by atoms with Gasteiger partial charge in [0.15, 0.2) is 0 Å². The van der Waals surface area contributed by atoms with Crippen molar-refractivity contribution in [3.8, 4) is 0 Å². The second-order valence-electron chi connectivity index (χ2n) is 3.39. The summed E-state index contributed by atoms with van der Waals surface area (Å²) < 4.78 is 38.5. The molecule has 0 spiro atoms. The molecule has 0 saturated heterocycles. The van der Waals surface area contributed by atoms with Crippen LogP contribution < -0.4 is 0 Å². The van der Waals surface area contributed by atoms with Gasteiger partial charge in [-0.2, -0.15) is 0 Å². The highest BCUT2D eigenvalue weighted by molar-refractivity contribution is 5.69. The Morgan fingerprint density at radius 3 is 2.47 bits per heavy atom. The molecular formula is C8H12F3NO3. The van der Waals surface area contributed by atoms with Gasteiger partial charge in [-0.1, -0.05) is 0 Å². The minimum Gasteiger partial charge on any atom is -0.480 e. The van der Waals surface area contributed by atoms with Crippen molar-refractivity contribution in [1.29, 1.82) is 0 Å². The van der Waals surface area contributed by atoms with E-state index in [0.29, 0.717) is 0 Å². The summed E-state index contributed by atoms with van der Waals surface area (Å²) >= 11 is 0. The standard InChI is InChI=1S/C8H12F3NO3/c9-8(10,11)15-4-3-12(5-7(13)14)6-1-2-6/h6H,1-5H2,(H,13,14). The summed E-state index contributed by atoms with van der Waals surface area (Å²) in [6.45, 7) is -0.754. The molecule has 1 fully saturated rings. The van der Waals surface area contributed by atoms with Gasteiger partial charge in [-0.3, -0.25) is 14.4 Å². The molecule has 0 heterocycles. The van der Waals surface area contributed by atoms with Crippen LogP contribution >= 0.6 is 0 Å². The van der Waals surface area contributed by atoms with Gasteiger partial charge < -0.3 is 5.11 Å². The zero-order valence-corrected chi connectivity index (χ0v) is 7.96. The van der Waals surface area contributed by atoms with Crippen molar-refractivity contribution in [3.63, 3.8) is 0 Å². The molecule has 88 valence electrons. The van der Waals surface area contributed by atoms with Gasteiger partial charge in [0.2, 0.25) is 0 Å². The van der Waals surface area contributed by atoms with Gasteiger partial charge in [-0.15, -0.1) is 13.2 Å². The van der Waals surface area contributed by atoms with Gasteiger partial charge in [0.05, 0.1) is 13.2 Å². The third-order valence-electron chi connectivity index (χ3n) is 2.05. The number of aliphatic carboxylic acids is 1. The molecular weight excluding hydrogens is 215 g/mol. The first-order valence-electron chi connectivity index (χ1n) is 4.55. The van der Waals surface area contributed by atoms with Crippen LogP contribution in [-0.2, 0) is 9.53 Å². The van der Waals surface area contributed by atoms with Crippen molar-refractivity contribution < 1.29 is 27.8 Å². The molecule has 0 bridgehead atoms. The molecule has 7 heteroatoms. The normalized spacial score (nSPS) is 17.1. The van der Waals surface area contributed by atoms with Crippen LogP contribution in [-0.4, -0.2) is 48.1 Å². The molecule has 0 radical (unpaired) electrons. The average molecular weight is 227 g/mol. The van der Waals surface area contributed by atoms with Gasteiger partial charge in [0.1, 0.15) is 0 Å². The van der Waals surface area contributed by atoms with E-state index in [0.717, 1.165) is 12.8 Å². The molecule has 1 aliphatic rings. The highest BCUT2D eigenvalue weighted by atomic mass is 19.4. The molecule has 0 aromatic carbocycles. The van der Waals surface area contributed by atoms with Crippen LogP contribution in [0.4, 0.5) is 13.2 Å². The summed E-state index contributed by atoms with van der Waals surface area (Å²) in [5, 5.41) is 8.52. The lowest BCUT2D eigenvalue weighted by molar-refractivity contribution is -0.325. The van der Waals surface area contributed by atoms with Gasteiger partial charge in [0.25, 0.3) is 0 Å². The Kier molecular flexibility index (Phi) is 3.92. The van der Waals surface area contributed by atoms with E-state index in [2.05, 4.69) is 4.74 Å². The number of halogens is 3. The Bertz CT molecular complexity index is 228. The predicted octanol–water partition coefficient (Wildman–Crippen LogP) is 1.07. The van der Waals surface area contributed by atoms with E-state index in [1.807, 2.05) is 0 Å². The lowest BCUT2D eigenvalue weighted by Crippen LogP contribution is -2.35. The number of ether oxygens (including phenoxy) is 1. The number of hydrogen-bond acceptors (Lipinski definition) is 3.